The highest BCUT2D eigenvalue weighted by atomic mass is 32.1. The molecule has 2 aromatic carbocycles. The van der Waals surface area contributed by atoms with E-state index in [4.69, 9.17) is 4.74 Å². The Kier molecular flexibility index (Phi) is 7.12. The Balaban J connectivity index is 1.61. The molecule has 1 amide bonds. The highest BCUT2D eigenvalue weighted by Gasteiger charge is 2.25. The molecule has 0 bridgehead atoms. The van der Waals surface area contributed by atoms with Gasteiger partial charge in [-0.05, 0) is 49.9 Å². The first kappa shape index (κ1) is 24.3. The fourth-order valence-electron chi connectivity index (χ4n) is 4.01. The Bertz CT molecular complexity index is 1460. The van der Waals surface area contributed by atoms with Gasteiger partial charge in [0.1, 0.15) is 17.5 Å². The summed E-state index contributed by atoms with van der Waals surface area (Å²) in [5.41, 5.74) is 3.83. The molecule has 2 aromatic heterocycles. The van der Waals surface area contributed by atoms with Crippen LogP contribution in [0.1, 0.15) is 51.3 Å². The maximum Gasteiger partial charge on any atom is 0.329 e. The molecule has 35 heavy (non-hydrogen) atoms. The average Bonchev–Trinajstić information content (AvgIpc) is 3.19. The molecule has 4 aromatic rings. The summed E-state index contributed by atoms with van der Waals surface area (Å²) in [5.74, 6) is -0.794. The first-order valence-electron chi connectivity index (χ1n) is 11.4. The van der Waals surface area contributed by atoms with Crippen molar-refractivity contribution >= 4 is 39.1 Å². The summed E-state index contributed by atoms with van der Waals surface area (Å²) in [6, 6.07) is 14.4. The minimum atomic E-state index is -0.810. The van der Waals surface area contributed by atoms with E-state index in [0.717, 1.165) is 22.4 Å². The van der Waals surface area contributed by atoms with Gasteiger partial charge >= 0.3 is 5.97 Å². The van der Waals surface area contributed by atoms with Crippen LogP contribution in [0, 0.1) is 20.8 Å². The number of ether oxygens (including phenoxy) is 1. The maximum absolute atomic E-state index is 13.4. The number of rotatable bonds is 7. The van der Waals surface area contributed by atoms with Crippen LogP contribution in [0.15, 0.2) is 59.7 Å². The SMILES string of the molecule is CCC(C(=O)OCc1ccccc1)n1cnc2sc(C(=O)Nc3ccc(C)cc3C)c(C)c2c1=O. The second-order valence-corrected chi connectivity index (χ2v) is 9.48. The topological polar surface area (TPSA) is 90.3 Å². The van der Waals surface area contributed by atoms with Crippen molar-refractivity contribution in [2.45, 2.75) is 46.8 Å². The largest absolute Gasteiger partial charge is 0.459 e. The Morgan fingerprint density at radius 2 is 1.86 bits per heavy atom. The smallest absolute Gasteiger partial charge is 0.329 e. The number of aryl methyl sites for hydroxylation is 3. The van der Waals surface area contributed by atoms with E-state index in [1.807, 2.05) is 69.3 Å². The number of hydrogen-bond donors (Lipinski definition) is 1. The standard InChI is InChI=1S/C27H27N3O4S/c1-5-21(27(33)34-14-19-9-7-6-8-10-19)30-15-28-25-22(26(30)32)18(4)23(35-25)24(31)29-20-12-11-16(2)13-17(20)3/h6-13,15,21H,5,14H2,1-4H3,(H,29,31). The van der Waals surface area contributed by atoms with E-state index in [0.29, 0.717) is 27.1 Å². The van der Waals surface area contributed by atoms with Gasteiger partial charge in [-0.15, -0.1) is 11.3 Å². The normalized spacial score (nSPS) is 11.9. The molecule has 0 fully saturated rings. The Morgan fingerprint density at radius 3 is 2.54 bits per heavy atom. The Hall–Kier alpha value is -3.78. The molecule has 8 heteroatoms. The lowest BCUT2D eigenvalue weighted by atomic mass is 10.1. The number of hydrogen-bond acceptors (Lipinski definition) is 6. The molecular weight excluding hydrogens is 462 g/mol. The molecule has 0 saturated heterocycles. The van der Waals surface area contributed by atoms with Crippen molar-refractivity contribution in [1.29, 1.82) is 0 Å². The number of esters is 1. The van der Waals surface area contributed by atoms with E-state index in [9.17, 15) is 14.4 Å². The zero-order valence-corrected chi connectivity index (χ0v) is 20.9. The molecule has 180 valence electrons. The van der Waals surface area contributed by atoms with E-state index in [1.165, 1.54) is 22.2 Å². The van der Waals surface area contributed by atoms with E-state index in [-0.39, 0.29) is 18.1 Å². The molecule has 7 nitrogen and oxygen atoms in total. The molecular formula is C27H27N3O4S. The molecule has 0 aliphatic heterocycles. The quantitative estimate of drug-likeness (QED) is 0.354. The van der Waals surface area contributed by atoms with Gasteiger partial charge in [-0.25, -0.2) is 9.78 Å². The maximum atomic E-state index is 13.4. The molecule has 1 unspecified atom stereocenters. The number of thiophene rings is 1. The minimum absolute atomic E-state index is 0.126. The summed E-state index contributed by atoms with van der Waals surface area (Å²) in [7, 11) is 0. The number of carbonyl (C=O) groups is 2. The lowest BCUT2D eigenvalue weighted by molar-refractivity contribution is -0.149. The third kappa shape index (κ3) is 5.02. The van der Waals surface area contributed by atoms with Gasteiger partial charge in [-0.3, -0.25) is 14.2 Å². The minimum Gasteiger partial charge on any atom is -0.459 e. The molecule has 0 aliphatic carbocycles. The summed E-state index contributed by atoms with van der Waals surface area (Å²) in [5, 5.41) is 3.28. The molecule has 2 heterocycles. The van der Waals surface area contributed by atoms with Crippen molar-refractivity contribution in [1.82, 2.24) is 9.55 Å². The molecule has 0 saturated carbocycles. The first-order chi connectivity index (χ1) is 16.8. The van der Waals surface area contributed by atoms with Crippen LogP contribution in [-0.2, 0) is 16.1 Å². The van der Waals surface area contributed by atoms with E-state index < -0.39 is 12.0 Å². The molecule has 4 rings (SSSR count). The highest BCUT2D eigenvalue weighted by Crippen LogP contribution is 2.29. The molecule has 1 N–H and O–H groups in total. The van der Waals surface area contributed by atoms with Crippen LogP contribution < -0.4 is 10.9 Å². The van der Waals surface area contributed by atoms with Gasteiger partial charge in [0.2, 0.25) is 0 Å². The summed E-state index contributed by atoms with van der Waals surface area (Å²) >= 11 is 1.17. The molecule has 0 aliphatic rings. The van der Waals surface area contributed by atoms with Crippen molar-refractivity contribution < 1.29 is 14.3 Å². The van der Waals surface area contributed by atoms with Gasteiger partial charge in [0, 0.05) is 5.69 Å². The van der Waals surface area contributed by atoms with Crippen molar-refractivity contribution in [2.75, 3.05) is 5.32 Å². The van der Waals surface area contributed by atoms with Crippen LogP contribution in [-0.4, -0.2) is 21.4 Å². The fourth-order valence-corrected chi connectivity index (χ4v) is 5.05. The van der Waals surface area contributed by atoms with Crippen molar-refractivity contribution in [3.8, 4) is 0 Å². The van der Waals surface area contributed by atoms with Crippen LogP contribution in [0.3, 0.4) is 0 Å². The van der Waals surface area contributed by atoms with Crippen LogP contribution in [0.2, 0.25) is 0 Å². The first-order valence-corrected chi connectivity index (χ1v) is 12.2. The second kappa shape index (κ2) is 10.2. The van der Waals surface area contributed by atoms with Crippen LogP contribution >= 0.6 is 11.3 Å². The number of fused-ring (bicyclic) bond motifs is 1. The van der Waals surface area contributed by atoms with Gasteiger partial charge in [-0.1, -0.05) is 55.0 Å². The summed E-state index contributed by atoms with van der Waals surface area (Å²) in [6.07, 6.45) is 1.73. The molecule has 1 atom stereocenters. The van der Waals surface area contributed by atoms with Crippen LogP contribution in [0.4, 0.5) is 5.69 Å². The number of amides is 1. The monoisotopic (exact) mass is 489 g/mol. The van der Waals surface area contributed by atoms with E-state index in [1.54, 1.807) is 6.92 Å². The van der Waals surface area contributed by atoms with E-state index >= 15 is 0 Å². The van der Waals surface area contributed by atoms with Gasteiger partial charge in [0.15, 0.2) is 0 Å². The van der Waals surface area contributed by atoms with Crippen LogP contribution in [0.5, 0.6) is 0 Å². The zero-order chi connectivity index (χ0) is 25.1. The van der Waals surface area contributed by atoms with Gasteiger partial charge in [0.05, 0.1) is 16.6 Å². The zero-order valence-electron chi connectivity index (χ0n) is 20.1. The highest BCUT2D eigenvalue weighted by molar-refractivity contribution is 7.20. The third-order valence-electron chi connectivity index (χ3n) is 5.93. The molecule has 0 radical (unpaired) electrons. The third-order valence-corrected chi connectivity index (χ3v) is 7.13. The van der Waals surface area contributed by atoms with Gasteiger partial charge < -0.3 is 10.1 Å². The van der Waals surface area contributed by atoms with Crippen molar-refractivity contribution in [3.63, 3.8) is 0 Å². The lowest BCUT2D eigenvalue weighted by Gasteiger charge is -2.17. The lowest BCUT2D eigenvalue weighted by Crippen LogP contribution is -2.31. The number of nitrogens with zero attached hydrogens (tertiary/aromatic N) is 2. The second-order valence-electron chi connectivity index (χ2n) is 8.48. The predicted molar refractivity (Wildman–Crippen MR) is 138 cm³/mol. The number of anilines is 1. The summed E-state index contributed by atoms with van der Waals surface area (Å²) in [6.45, 7) is 7.60. The fraction of sp³-hybridized carbons (Fsp3) is 0.259. The van der Waals surface area contributed by atoms with Gasteiger partial charge in [0.25, 0.3) is 11.5 Å². The van der Waals surface area contributed by atoms with Crippen LogP contribution in [0.25, 0.3) is 10.2 Å². The Morgan fingerprint density at radius 1 is 1.11 bits per heavy atom. The summed E-state index contributed by atoms with van der Waals surface area (Å²) in [4.78, 5) is 44.6. The number of aromatic nitrogens is 2. The predicted octanol–water partition coefficient (Wildman–Crippen LogP) is 5.33. The van der Waals surface area contributed by atoms with Gasteiger partial charge in [-0.2, -0.15) is 0 Å². The Labute approximate surface area is 207 Å². The average molecular weight is 490 g/mol. The van der Waals surface area contributed by atoms with E-state index in [2.05, 4.69) is 10.3 Å². The number of benzene rings is 2. The number of carbonyl (C=O) groups excluding carboxylic acids is 2. The van der Waals surface area contributed by atoms with Crippen molar-refractivity contribution in [3.05, 3.63) is 92.3 Å². The number of nitrogens with one attached hydrogen (secondary N) is 1. The molecule has 0 spiro atoms. The van der Waals surface area contributed by atoms with Crippen molar-refractivity contribution in [2.24, 2.45) is 0 Å². The summed E-state index contributed by atoms with van der Waals surface area (Å²) < 4.78 is 6.78.